The number of hydrogen-bond donors (Lipinski definition) is 2. The van der Waals surface area contributed by atoms with Gasteiger partial charge in [0.25, 0.3) is 0 Å². The summed E-state index contributed by atoms with van der Waals surface area (Å²) in [6, 6.07) is 4.05. The van der Waals surface area contributed by atoms with Gasteiger partial charge < -0.3 is 21.3 Å². The summed E-state index contributed by atoms with van der Waals surface area (Å²) in [5.41, 5.74) is 0.664. The molecule has 0 bridgehead atoms. The van der Waals surface area contributed by atoms with Gasteiger partial charge >= 0.3 is 55.1 Å². The molecular weight excluding hydrogens is 547 g/mol. The van der Waals surface area contributed by atoms with Gasteiger partial charge in [0, 0.05) is 26.5 Å². The number of ether oxygens (including phenoxy) is 1. The molecule has 31 heavy (non-hydrogen) atoms. The minimum atomic E-state index is -5.40. The molecule has 0 aliphatic rings. The van der Waals surface area contributed by atoms with Crippen molar-refractivity contribution in [1.82, 2.24) is 0 Å². The molecule has 1 amide bonds. The molecule has 1 aromatic carbocycles. The molecule has 0 spiro atoms. The van der Waals surface area contributed by atoms with Crippen LogP contribution in [0, 0.1) is 0 Å². The van der Waals surface area contributed by atoms with Crippen molar-refractivity contribution in [3.8, 4) is 0 Å². The van der Waals surface area contributed by atoms with Crippen LogP contribution in [0.4, 0.5) is 26.7 Å². The number of rotatable bonds is 8. The molecule has 0 fully saturated rings. The monoisotopic (exact) mass is 563 g/mol. The fraction of sp³-hybridized carbons (Fsp3) is 0.438. The van der Waals surface area contributed by atoms with E-state index >= 15 is 0 Å². The molecule has 0 saturated heterocycles. The van der Waals surface area contributed by atoms with Crippen LogP contribution in [0.25, 0.3) is 10.1 Å². The van der Waals surface area contributed by atoms with E-state index in [1.54, 1.807) is 0 Å². The molecule has 0 saturated carbocycles. The van der Waals surface area contributed by atoms with Crippen molar-refractivity contribution >= 4 is 51.0 Å². The van der Waals surface area contributed by atoms with E-state index in [1.807, 2.05) is 0 Å². The van der Waals surface area contributed by atoms with Gasteiger partial charge in [-0.15, -0.1) is 11.3 Å². The van der Waals surface area contributed by atoms with Crippen molar-refractivity contribution in [2.24, 2.45) is 5.73 Å². The molecule has 6 nitrogen and oxygen atoms in total. The van der Waals surface area contributed by atoms with Gasteiger partial charge in [-0.1, -0.05) is 18.2 Å². The van der Waals surface area contributed by atoms with Crippen molar-refractivity contribution in [1.29, 1.82) is 0 Å². The predicted molar refractivity (Wildman–Crippen MR) is 105 cm³/mol. The van der Waals surface area contributed by atoms with Crippen molar-refractivity contribution in [2.75, 3.05) is 6.61 Å². The van der Waals surface area contributed by atoms with Crippen LogP contribution in [0.3, 0.4) is 0 Å². The van der Waals surface area contributed by atoms with Gasteiger partial charge in [0.05, 0.1) is 6.61 Å². The number of alkyl halides is 5. The molecule has 2 unspecified atom stereocenters. The Hall–Kier alpha value is -0.270. The van der Waals surface area contributed by atoms with Crippen molar-refractivity contribution in [3.63, 3.8) is 0 Å². The first kappa shape index (κ1) is 28.8. The normalized spacial score (nSPS) is 15.2. The molecule has 0 aliphatic heterocycles. The van der Waals surface area contributed by atoms with Crippen LogP contribution in [-0.2, 0) is 19.5 Å². The summed E-state index contributed by atoms with van der Waals surface area (Å²) in [5, 5.41) is 0.133. The van der Waals surface area contributed by atoms with Crippen molar-refractivity contribution in [2.45, 2.75) is 37.7 Å². The molecule has 15 heteroatoms. The van der Waals surface area contributed by atoms with Gasteiger partial charge in [-0.3, -0.25) is 4.57 Å². The molecule has 1 heterocycles. The minimum Gasteiger partial charge on any atom is -1.00 e. The Morgan fingerprint density at radius 1 is 1.35 bits per heavy atom. The second-order valence-electron chi connectivity index (χ2n) is 6.03. The first-order valence-corrected chi connectivity index (χ1v) is 11.5. The van der Waals surface area contributed by atoms with E-state index in [4.69, 9.17) is 10.5 Å². The van der Waals surface area contributed by atoms with Gasteiger partial charge in [-0.25, -0.2) is 4.79 Å². The second-order valence-corrected chi connectivity index (χ2v) is 9.70. The smallest absolute Gasteiger partial charge is 1.00 e. The molecule has 2 atom stereocenters. The van der Waals surface area contributed by atoms with E-state index < -0.39 is 56.0 Å². The van der Waals surface area contributed by atoms with Crippen LogP contribution in [0.5, 0.6) is 0 Å². The number of primary amides is 1. The number of halogens is 6. The first-order chi connectivity index (χ1) is 13.7. The Bertz CT molecular complexity index is 996. The zero-order valence-corrected chi connectivity index (χ0v) is 21.5. The quantitative estimate of drug-likeness (QED) is 0.291. The summed E-state index contributed by atoms with van der Waals surface area (Å²) in [4.78, 5) is 20.0. The van der Waals surface area contributed by atoms with Crippen LogP contribution in [0.2, 0.25) is 0 Å². The number of thiophene rings is 1. The Kier molecular flexibility index (Phi) is 9.99. The summed E-state index contributed by atoms with van der Waals surface area (Å²) in [7, 11) is -5.40. The number of nitrogens with two attached hydrogens (primary N) is 1. The van der Waals surface area contributed by atoms with Crippen molar-refractivity contribution < 1.29 is 76.4 Å². The molecule has 170 valence electrons. The van der Waals surface area contributed by atoms with Gasteiger partial charge in [0.15, 0.2) is 0 Å². The van der Waals surface area contributed by atoms with E-state index in [2.05, 4.69) is 20.5 Å². The Morgan fingerprint density at radius 2 is 1.97 bits per heavy atom. The Morgan fingerprint density at radius 3 is 2.48 bits per heavy atom. The number of carbonyl (C=O) groups is 1. The standard InChI is InChI=1S/C16H16BrF5NO5PS.Na.H/c1-2-27-29(25,26)16(21,22)13-11(17)9-5-3-4-8(12(9)30-13)10(28-14(23)24)6-7-15(18,19)20;;/h3-5,10H,2,6-7H2,1H3,(H2,23,24)(H,25,26);;/q;+1;-1. The zero-order valence-electron chi connectivity index (χ0n) is 17.2. The van der Waals surface area contributed by atoms with Gasteiger partial charge in [0.2, 0.25) is 0 Å². The van der Waals surface area contributed by atoms with Crippen LogP contribution in [0.15, 0.2) is 22.7 Å². The molecule has 0 radical (unpaired) electrons. The summed E-state index contributed by atoms with van der Waals surface area (Å²) < 4.78 is 88.5. The average molecular weight is 564 g/mol. The summed E-state index contributed by atoms with van der Waals surface area (Å²) in [6.07, 6.45) is -9.36. The van der Waals surface area contributed by atoms with E-state index in [0.29, 0.717) is 11.3 Å². The summed E-state index contributed by atoms with van der Waals surface area (Å²) in [6.45, 7) is 0.826. The van der Waals surface area contributed by atoms with E-state index in [-0.39, 0.29) is 51.1 Å². The molecule has 0 aliphatic carbocycles. The van der Waals surface area contributed by atoms with E-state index in [9.17, 15) is 36.2 Å². The predicted octanol–water partition coefficient (Wildman–Crippen LogP) is 3.53. The van der Waals surface area contributed by atoms with Gasteiger partial charge in [-0.05, 0) is 29.3 Å². The third kappa shape index (κ3) is 6.63. The third-order valence-electron chi connectivity index (χ3n) is 3.91. The SMILES string of the molecule is CCOP(=O)(O)C(F)(F)c1sc2c(C(CCC(F)(F)F)OC(N)=O)cccc2c1Br.[H-].[Na+]. The Balaban J connectivity index is 0.00000480. The van der Waals surface area contributed by atoms with Crippen LogP contribution in [0.1, 0.15) is 37.7 Å². The number of amides is 1. The fourth-order valence-corrected chi connectivity index (χ4v) is 6.25. The van der Waals surface area contributed by atoms with E-state index in [1.165, 1.54) is 25.1 Å². The summed E-state index contributed by atoms with van der Waals surface area (Å²) in [5.74, 6) is 0. The average Bonchev–Trinajstić information content (AvgIpc) is 2.95. The number of hydrogen-bond acceptors (Lipinski definition) is 5. The van der Waals surface area contributed by atoms with Crippen LogP contribution in [-0.4, -0.2) is 23.8 Å². The maximum absolute atomic E-state index is 14.8. The molecular formula is C16H17BrF5NNaO5PS. The van der Waals surface area contributed by atoms with Gasteiger partial charge in [0.1, 0.15) is 11.0 Å². The van der Waals surface area contributed by atoms with Crippen LogP contribution >= 0.6 is 34.9 Å². The molecule has 3 N–H and O–H groups in total. The number of fused-ring (bicyclic) bond motifs is 1. The van der Waals surface area contributed by atoms with Crippen LogP contribution < -0.4 is 35.3 Å². The second kappa shape index (κ2) is 10.8. The summed E-state index contributed by atoms with van der Waals surface area (Å²) >= 11 is 3.34. The maximum atomic E-state index is 14.8. The van der Waals surface area contributed by atoms with Gasteiger partial charge in [-0.2, -0.15) is 22.0 Å². The minimum absolute atomic E-state index is 0. The third-order valence-corrected chi connectivity index (χ3v) is 8.02. The molecule has 2 aromatic rings. The number of carbonyl (C=O) groups excluding carboxylic acids is 1. The molecule has 2 rings (SSSR count). The maximum Gasteiger partial charge on any atom is 1.00 e. The fourth-order valence-electron chi connectivity index (χ4n) is 2.66. The topological polar surface area (TPSA) is 98.8 Å². The van der Waals surface area contributed by atoms with E-state index in [0.717, 1.165) is 0 Å². The zero-order chi connectivity index (χ0) is 22.9. The Labute approximate surface area is 209 Å². The largest absolute Gasteiger partial charge is 1.00 e. The first-order valence-electron chi connectivity index (χ1n) is 8.30. The number of benzene rings is 1. The molecule has 1 aromatic heterocycles. The van der Waals surface area contributed by atoms with Crippen molar-refractivity contribution in [3.05, 3.63) is 33.1 Å².